The minimum absolute atomic E-state index is 0.208. The van der Waals surface area contributed by atoms with Gasteiger partial charge in [-0.3, -0.25) is 14.8 Å². The first-order chi connectivity index (χ1) is 10.7. The maximum Gasteiger partial charge on any atom is 0.224 e. The van der Waals surface area contributed by atoms with Gasteiger partial charge in [0.15, 0.2) is 0 Å². The first kappa shape index (κ1) is 13.7. The van der Waals surface area contributed by atoms with Gasteiger partial charge in [0.05, 0.1) is 5.69 Å². The van der Waals surface area contributed by atoms with Crippen molar-refractivity contribution in [2.75, 3.05) is 5.32 Å². The standard InChI is InChI=1S/C14H11N7O/c1-9(22)17-10-6-4-8-16-12(10)14-20-18-13(19-21-14)11-5-2-3-7-15-11/h2-8H,1H3,(H,17,22). The number of nitrogens with zero attached hydrogens (tertiary/aromatic N) is 6. The second-order valence-corrected chi connectivity index (χ2v) is 4.34. The van der Waals surface area contributed by atoms with Gasteiger partial charge in [-0.2, -0.15) is 0 Å². The Morgan fingerprint density at radius 3 is 2.32 bits per heavy atom. The van der Waals surface area contributed by atoms with E-state index in [1.54, 1.807) is 36.7 Å². The van der Waals surface area contributed by atoms with Crippen LogP contribution >= 0.6 is 0 Å². The van der Waals surface area contributed by atoms with Crippen LogP contribution in [0.1, 0.15) is 6.92 Å². The van der Waals surface area contributed by atoms with Crippen LogP contribution in [-0.4, -0.2) is 36.3 Å². The van der Waals surface area contributed by atoms with Crippen molar-refractivity contribution in [1.82, 2.24) is 30.4 Å². The van der Waals surface area contributed by atoms with E-state index in [4.69, 9.17) is 0 Å². The first-order valence-corrected chi connectivity index (χ1v) is 6.46. The Bertz CT molecular complexity index is 790. The van der Waals surface area contributed by atoms with Gasteiger partial charge in [-0.05, 0) is 24.3 Å². The van der Waals surface area contributed by atoms with Crippen molar-refractivity contribution < 1.29 is 4.79 Å². The highest BCUT2D eigenvalue weighted by atomic mass is 16.1. The first-order valence-electron chi connectivity index (χ1n) is 6.46. The lowest BCUT2D eigenvalue weighted by Crippen LogP contribution is -2.09. The van der Waals surface area contributed by atoms with Gasteiger partial charge in [0.1, 0.15) is 11.4 Å². The van der Waals surface area contributed by atoms with Crippen LogP contribution in [0.4, 0.5) is 5.69 Å². The molecule has 22 heavy (non-hydrogen) atoms. The van der Waals surface area contributed by atoms with E-state index >= 15 is 0 Å². The molecule has 3 aromatic rings. The van der Waals surface area contributed by atoms with Gasteiger partial charge in [-0.25, -0.2) is 0 Å². The largest absolute Gasteiger partial charge is 0.324 e. The number of hydrogen-bond donors (Lipinski definition) is 1. The monoisotopic (exact) mass is 293 g/mol. The van der Waals surface area contributed by atoms with E-state index < -0.39 is 0 Å². The Kier molecular flexibility index (Phi) is 3.73. The number of carbonyl (C=O) groups excluding carboxylic acids is 1. The van der Waals surface area contributed by atoms with Gasteiger partial charge in [-0.15, -0.1) is 20.4 Å². The molecule has 0 fully saturated rings. The van der Waals surface area contributed by atoms with Crippen LogP contribution in [0.15, 0.2) is 42.7 Å². The summed E-state index contributed by atoms with van der Waals surface area (Å²) >= 11 is 0. The summed E-state index contributed by atoms with van der Waals surface area (Å²) in [6.07, 6.45) is 3.22. The van der Waals surface area contributed by atoms with Crippen LogP contribution in [-0.2, 0) is 4.79 Å². The van der Waals surface area contributed by atoms with Crippen LogP contribution in [0.3, 0.4) is 0 Å². The van der Waals surface area contributed by atoms with Crippen LogP contribution in [0, 0.1) is 0 Å². The molecule has 8 nitrogen and oxygen atoms in total. The van der Waals surface area contributed by atoms with Crippen LogP contribution in [0.5, 0.6) is 0 Å². The molecule has 0 atom stereocenters. The molecule has 0 aliphatic carbocycles. The fourth-order valence-corrected chi connectivity index (χ4v) is 1.80. The zero-order valence-electron chi connectivity index (χ0n) is 11.6. The highest BCUT2D eigenvalue weighted by Gasteiger charge is 2.12. The summed E-state index contributed by atoms with van der Waals surface area (Å²) < 4.78 is 0. The molecule has 0 aromatic carbocycles. The second kappa shape index (κ2) is 6.00. The van der Waals surface area contributed by atoms with Gasteiger partial charge in [0.25, 0.3) is 0 Å². The molecule has 108 valence electrons. The second-order valence-electron chi connectivity index (χ2n) is 4.34. The van der Waals surface area contributed by atoms with E-state index in [0.717, 1.165) is 0 Å². The molecule has 3 aromatic heterocycles. The van der Waals surface area contributed by atoms with E-state index in [9.17, 15) is 4.79 Å². The van der Waals surface area contributed by atoms with Gasteiger partial charge >= 0.3 is 0 Å². The third-order valence-electron chi connectivity index (χ3n) is 2.70. The summed E-state index contributed by atoms with van der Waals surface area (Å²) in [6.45, 7) is 1.41. The lowest BCUT2D eigenvalue weighted by molar-refractivity contribution is -0.114. The van der Waals surface area contributed by atoms with Gasteiger partial charge in [0.2, 0.25) is 17.6 Å². The molecular weight excluding hydrogens is 282 g/mol. The lowest BCUT2D eigenvalue weighted by atomic mass is 10.3. The molecule has 0 unspecified atom stereocenters. The zero-order chi connectivity index (χ0) is 15.4. The number of pyridine rings is 2. The molecule has 8 heteroatoms. The normalized spacial score (nSPS) is 10.2. The lowest BCUT2D eigenvalue weighted by Gasteiger charge is -2.06. The summed E-state index contributed by atoms with van der Waals surface area (Å²) in [5.74, 6) is 0.339. The van der Waals surface area contributed by atoms with E-state index in [1.165, 1.54) is 6.92 Å². The average molecular weight is 293 g/mol. The molecule has 3 rings (SSSR count). The van der Waals surface area contributed by atoms with Crippen molar-refractivity contribution in [2.45, 2.75) is 6.92 Å². The number of nitrogens with one attached hydrogen (secondary N) is 1. The molecule has 1 amide bonds. The number of aromatic nitrogens is 6. The summed E-state index contributed by atoms with van der Waals surface area (Å²) in [6, 6.07) is 8.80. The van der Waals surface area contributed by atoms with E-state index in [2.05, 4.69) is 35.7 Å². The summed E-state index contributed by atoms with van der Waals surface area (Å²) in [4.78, 5) is 19.5. The maximum absolute atomic E-state index is 11.2. The van der Waals surface area contributed by atoms with Crippen LogP contribution in [0.2, 0.25) is 0 Å². The SMILES string of the molecule is CC(=O)Nc1cccnc1-c1nnc(-c2ccccn2)nn1. The number of carbonyl (C=O) groups is 1. The van der Waals surface area contributed by atoms with Gasteiger partial charge in [-0.1, -0.05) is 6.07 Å². The van der Waals surface area contributed by atoms with Crippen molar-refractivity contribution in [1.29, 1.82) is 0 Å². The predicted octanol–water partition coefficient (Wildman–Crippen LogP) is 1.35. The smallest absolute Gasteiger partial charge is 0.224 e. The van der Waals surface area contributed by atoms with Crippen LogP contribution in [0.25, 0.3) is 23.0 Å². The Hall–Kier alpha value is -3.29. The van der Waals surface area contributed by atoms with Crippen LogP contribution < -0.4 is 5.32 Å². The Morgan fingerprint density at radius 2 is 1.64 bits per heavy atom. The maximum atomic E-state index is 11.2. The Morgan fingerprint density at radius 1 is 0.909 bits per heavy atom. The molecule has 0 saturated heterocycles. The summed E-state index contributed by atoms with van der Waals surface area (Å²) in [7, 11) is 0. The van der Waals surface area contributed by atoms with E-state index in [1.807, 2.05) is 6.07 Å². The average Bonchev–Trinajstić information content (AvgIpc) is 2.56. The highest BCUT2D eigenvalue weighted by molar-refractivity contribution is 5.92. The Balaban J connectivity index is 1.95. The van der Waals surface area contributed by atoms with Crippen molar-refractivity contribution in [3.63, 3.8) is 0 Å². The summed E-state index contributed by atoms with van der Waals surface area (Å²) in [5, 5.41) is 18.7. The topological polar surface area (TPSA) is 106 Å². The molecule has 0 saturated carbocycles. The van der Waals surface area contributed by atoms with Crippen molar-refractivity contribution in [2.24, 2.45) is 0 Å². The molecular formula is C14H11N7O. The zero-order valence-corrected chi connectivity index (χ0v) is 11.6. The molecule has 3 heterocycles. The number of rotatable bonds is 3. The third-order valence-corrected chi connectivity index (χ3v) is 2.70. The molecule has 0 aliphatic rings. The number of amides is 1. The fourth-order valence-electron chi connectivity index (χ4n) is 1.80. The highest BCUT2D eigenvalue weighted by Crippen LogP contribution is 2.21. The molecule has 1 N–H and O–H groups in total. The minimum Gasteiger partial charge on any atom is -0.324 e. The summed E-state index contributed by atoms with van der Waals surface area (Å²) in [5.41, 5.74) is 1.49. The minimum atomic E-state index is -0.208. The molecule has 0 spiro atoms. The van der Waals surface area contributed by atoms with Crippen molar-refractivity contribution in [3.8, 4) is 23.0 Å². The van der Waals surface area contributed by atoms with E-state index in [-0.39, 0.29) is 11.7 Å². The Labute approximate surface area is 125 Å². The van der Waals surface area contributed by atoms with Crippen molar-refractivity contribution >= 4 is 11.6 Å². The van der Waals surface area contributed by atoms with Gasteiger partial charge < -0.3 is 5.32 Å². The molecule has 0 bridgehead atoms. The van der Waals surface area contributed by atoms with Crippen molar-refractivity contribution in [3.05, 3.63) is 42.7 Å². The fraction of sp³-hybridized carbons (Fsp3) is 0.0714. The number of anilines is 1. The van der Waals surface area contributed by atoms with Gasteiger partial charge in [0, 0.05) is 19.3 Å². The predicted molar refractivity (Wildman–Crippen MR) is 78.4 cm³/mol. The molecule has 0 radical (unpaired) electrons. The quantitative estimate of drug-likeness (QED) is 0.776. The number of hydrogen-bond acceptors (Lipinski definition) is 7. The third kappa shape index (κ3) is 2.90. The molecule has 0 aliphatic heterocycles. The van der Waals surface area contributed by atoms with E-state index in [0.29, 0.717) is 22.9 Å².